The average Bonchev–Trinajstić information content (AvgIpc) is 2.61. The van der Waals surface area contributed by atoms with Gasteiger partial charge in [0.15, 0.2) is 0 Å². The zero-order valence-electron chi connectivity index (χ0n) is 15.8. The largest absolute Gasteiger partial charge is 0.508 e. The Morgan fingerprint density at radius 2 is 0.885 bits per heavy atom. The third-order valence-electron chi connectivity index (χ3n) is 4.82. The highest BCUT2D eigenvalue weighted by molar-refractivity contribution is 5.75. The average molecular weight is 346 g/mol. The van der Waals surface area contributed by atoms with Crippen LogP contribution in [0.4, 0.5) is 0 Å². The zero-order valence-corrected chi connectivity index (χ0v) is 15.8. The van der Waals surface area contributed by atoms with Crippen LogP contribution in [0.1, 0.15) is 50.7 Å². The molecule has 0 fully saturated rings. The van der Waals surface area contributed by atoms with Gasteiger partial charge in [-0.1, -0.05) is 64.1 Å². The molecule has 0 bridgehead atoms. The third-order valence-corrected chi connectivity index (χ3v) is 4.82. The van der Waals surface area contributed by atoms with Crippen LogP contribution in [0.3, 0.4) is 0 Å². The monoisotopic (exact) mass is 346 g/mol. The second-order valence-electron chi connectivity index (χ2n) is 7.43. The van der Waals surface area contributed by atoms with Gasteiger partial charge in [0.05, 0.1) is 0 Å². The van der Waals surface area contributed by atoms with E-state index in [-0.39, 0.29) is 0 Å². The topological polar surface area (TPSA) is 40.5 Å². The van der Waals surface area contributed by atoms with Crippen LogP contribution in [0.15, 0.2) is 60.7 Å². The Kier molecular flexibility index (Phi) is 5.03. The molecule has 0 aromatic heterocycles. The van der Waals surface area contributed by atoms with E-state index in [9.17, 15) is 10.2 Å². The van der Waals surface area contributed by atoms with Gasteiger partial charge in [-0.25, -0.2) is 0 Å². The molecule has 3 aromatic rings. The van der Waals surface area contributed by atoms with E-state index in [1.807, 2.05) is 24.3 Å². The smallest absolute Gasteiger partial charge is 0.115 e. The lowest BCUT2D eigenvalue weighted by atomic mass is 9.89. The molecule has 0 radical (unpaired) electrons. The maximum atomic E-state index is 9.81. The molecule has 2 N–H and O–H groups in total. The Labute approximate surface area is 155 Å². The zero-order chi connectivity index (χ0) is 18.8. The molecular formula is C24H26O2. The minimum Gasteiger partial charge on any atom is -0.508 e. The summed E-state index contributed by atoms with van der Waals surface area (Å²) in [7, 11) is 0. The highest BCUT2D eigenvalue weighted by Crippen LogP contribution is 2.35. The molecular weight excluding hydrogens is 320 g/mol. The number of hydrogen-bond acceptors (Lipinski definition) is 2. The highest BCUT2D eigenvalue weighted by Gasteiger charge is 2.12. The molecule has 3 rings (SSSR count). The number of phenols is 2. The normalized spacial score (nSPS) is 11.3. The summed E-state index contributed by atoms with van der Waals surface area (Å²) in [5.74, 6) is 1.28. The molecule has 0 atom stereocenters. The van der Waals surface area contributed by atoms with Gasteiger partial charge in [0.1, 0.15) is 11.5 Å². The van der Waals surface area contributed by atoms with E-state index >= 15 is 0 Å². The number of rotatable bonds is 4. The maximum Gasteiger partial charge on any atom is 0.115 e. The van der Waals surface area contributed by atoms with Crippen molar-refractivity contribution in [3.63, 3.8) is 0 Å². The van der Waals surface area contributed by atoms with Gasteiger partial charge in [0, 0.05) is 0 Å². The number of benzene rings is 3. The van der Waals surface area contributed by atoms with Crippen LogP contribution >= 0.6 is 0 Å². The maximum absolute atomic E-state index is 9.81. The van der Waals surface area contributed by atoms with Crippen molar-refractivity contribution in [2.75, 3.05) is 0 Å². The van der Waals surface area contributed by atoms with Crippen LogP contribution in [0.5, 0.6) is 11.5 Å². The standard InChI is InChI=1S/C24H26O2/c1-15(2)23-13-19(25)9-11-21(23)17-5-7-18(8-6-17)22-12-10-20(26)14-24(22)16(3)4/h5-16,25-26H,1-4H3. The van der Waals surface area contributed by atoms with Crippen molar-refractivity contribution >= 4 is 0 Å². The van der Waals surface area contributed by atoms with E-state index in [0.29, 0.717) is 23.3 Å². The second-order valence-corrected chi connectivity index (χ2v) is 7.43. The molecule has 0 heterocycles. The van der Waals surface area contributed by atoms with E-state index in [0.717, 1.165) is 33.4 Å². The van der Waals surface area contributed by atoms with Crippen LogP contribution < -0.4 is 0 Å². The van der Waals surface area contributed by atoms with Gasteiger partial charge in [0.2, 0.25) is 0 Å². The summed E-state index contributed by atoms with van der Waals surface area (Å²) in [6.07, 6.45) is 0. The van der Waals surface area contributed by atoms with E-state index < -0.39 is 0 Å². The van der Waals surface area contributed by atoms with Gasteiger partial charge >= 0.3 is 0 Å². The fourth-order valence-electron chi connectivity index (χ4n) is 3.41. The van der Waals surface area contributed by atoms with Crippen LogP contribution in [0, 0.1) is 0 Å². The molecule has 0 spiro atoms. The third kappa shape index (κ3) is 3.60. The second kappa shape index (κ2) is 7.25. The Morgan fingerprint density at radius 3 is 1.19 bits per heavy atom. The first-order chi connectivity index (χ1) is 12.4. The summed E-state index contributed by atoms with van der Waals surface area (Å²) >= 11 is 0. The van der Waals surface area contributed by atoms with Crippen molar-refractivity contribution in [2.45, 2.75) is 39.5 Å². The van der Waals surface area contributed by atoms with E-state index in [4.69, 9.17) is 0 Å². The lowest BCUT2D eigenvalue weighted by Gasteiger charge is -2.16. The van der Waals surface area contributed by atoms with Gasteiger partial charge < -0.3 is 10.2 Å². The Morgan fingerprint density at radius 1 is 0.538 bits per heavy atom. The van der Waals surface area contributed by atoms with Crippen molar-refractivity contribution in [2.24, 2.45) is 0 Å². The molecule has 26 heavy (non-hydrogen) atoms. The highest BCUT2D eigenvalue weighted by atomic mass is 16.3. The molecule has 0 aliphatic carbocycles. The Hall–Kier alpha value is -2.74. The first kappa shape index (κ1) is 18.1. The van der Waals surface area contributed by atoms with Gasteiger partial charge in [-0.05, 0) is 69.5 Å². The summed E-state index contributed by atoms with van der Waals surface area (Å²) in [6, 6.07) is 19.7. The summed E-state index contributed by atoms with van der Waals surface area (Å²) in [5.41, 5.74) is 6.87. The predicted octanol–water partition coefficient (Wildman–Crippen LogP) is 6.68. The first-order valence-electron chi connectivity index (χ1n) is 9.13. The number of aromatic hydroxyl groups is 2. The molecule has 0 amide bonds. The van der Waals surface area contributed by atoms with Crippen molar-refractivity contribution in [3.8, 4) is 33.8 Å². The van der Waals surface area contributed by atoms with Crippen LogP contribution in [0.25, 0.3) is 22.3 Å². The van der Waals surface area contributed by atoms with Gasteiger partial charge in [0.25, 0.3) is 0 Å². The van der Waals surface area contributed by atoms with E-state index in [1.165, 1.54) is 0 Å². The van der Waals surface area contributed by atoms with Crippen molar-refractivity contribution in [1.82, 2.24) is 0 Å². The lowest BCUT2D eigenvalue weighted by molar-refractivity contribution is 0.473. The molecule has 0 aliphatic rings. The van der Waals surface area contributed by atoms with Gasteiger partial charge in [-0.2, -0.15) is 0 Å². The van der Waals surface area contributed by atoms with Crippen molar-refractivity contribution < 1.29 is 10.2 Å². The van der Waals surface area contributed by atoms with Gasteiger partial charge in [-0.15, -0.1) is 0 Å². The summed E-state index contributed by atoms with van der Waals surface area (Å²) in [6.45, 7) is 8.55. The Bertz CT molecular complexity index is 829. The minimum atomic E-state index is 0.305. The lowest BCUT2D eigenvalue weighted by Crippen LogP contribution is -1.94. The van der Waals surface area contributed by atoms with E-state index in [1.54, 1.807) is 12.1 Å². The van der Waals surface area contributed by atoms with Crippen molar-refractivity contribution in [3.05, 3.63) is 71.8 Å². The Balaban J connectivity index is 2.03. The molecule has 0 aliphatic heterocycles. The molecule has 0 unspecified atom stereocenters. The molecule has 2 heteroatoms. The predicted molar refractivity (Wildman–Crippen MR) is 109 cm³/mol. The fraction of sp³-hybridized carbons (Fsp3) is 0.250. The van der Waals surface area contributed by atoms with Crippen LogP contribution in [0.2, 0.25) is 0 Å². The molecule has 0 saturated heterocycles. The molecule has 0 saturated carbocycles. The molecule has 134 valence electrons. The summed E-state index contributed by atoms with van der Waals surface area (Å²) in [4.78, 5) is 0. The van der Waals surface area contributed by atoms with Crippen LogP contribution in [-0.2, 0) is 0 Å². The number of hydrogen-bond donors (Lipinski definition) is 2. The number of phenolic OH excluding ortho intramolecular Hbond substituents is 2. The molecule has 2 nitrogen and oxygen atoms in total. The SMILES string of the molecule is CC(C)c1cc(O)ccc1-c1ccc(-c2ccc(O)cc2C(C)C)cc1. The van der Waals surface area contributed by atoms with E-state index in [2.05, 4.69) is 52.0 Å². The van der Waals surface area contributed by atoms with Crippen LogP contribution in [-0.4, -0.2) is 10.2 Å². The van der Waals surface area contributed by atoms with Crippen molar-refractivity contribution in [1.29, 1.82) is 0 Å². The minimum absolute atomic E-state index is 0.305. The fourth-order valence-corrected chi connectivity index (χ4v) is 3.41. The van der Waals surface area contributed by atoms with Gasteiger partial charge in [-0.3, -0.25) is 0 Å². The quantitative estimate of drug-likeness (QED) is 0.553. The first-order valence-corrected chi connectivity index (χ1v) is 9.13. The molecule has 3 aromatic carbocycles. The summed E-state index contributed by atoms with van der Waals surface area (Å²) < 4.78 is 0. The summed E-state index contributed by atoms with van der Waals surface area (Å²) in [5, 5.41) is 19.6.